The van der Waals surface area contributed by atoms with Crippen molar-refractivity contribution in [2.75, 3.05) is 5.75 Å². The first-order valence-electron chi connectivity index (χ1n) is 7.99. The van der Waals surface area contributed by atoms with Gasteiger partial charge in [-0.1, -0.05) is 6.07 Å². The fraction of sp³-hybridized carbons (Fsp3) is 0.412. The number of ketones is 1. The third-order valence-corrected chi connectivity index (χ3v) is 6.84. The monoisotopic (exact) mass is 341 g/mol. The Morgan fingerprint density at radius 3 is 2.96 bits per heavy atom. The van der Waals surface area contributed by atoms with Crippen molar-refractivity contribution in [2.45, 2.75) is 36.9 Å². The third kappa shape index (κ3) is 2.11. The van der Waals surface area contributed by atoms with Crippen molar-refractivity contribution in [3.8, 4) is 0 Å². The van der Waals surface area contributed by atoms with Crippen LogP contribution in [0.2, 0.25) is 0 Å². The van der Waals surface area contributed by atoms with Crippen LogP contribution in [-0.2, 0) is 4.79 Å². The minimum Gasteiger partial charge on any atom is -0.294 e. The standard InChI is InChI=1S/C17H15N3OS2/c21-14-3-1-2-11-16(14)15(17-12(18-11)6-7-22-17)9-4-5-10-13(8-9)20-23-19-10/h4-5,8,15,17H,1-3,6-7H2. The molecule has 0 amide bonds. The first kappa shape index (κ1) is 13.9. The minimum absolute atomic E-state index is 0.142. The van der Waals surface area contributed by atoms with E-state index in [1.807, 2.05) is 17.8 Å². The summed E-state index contributed by atoms with van der Waals surface area (Å²) in [6.07, 6.45) is 3.60. The summed E-state index contributed by atoms with van der Waals surface area (Å²) in [4.78, 5) is 17.5. The van der Waals surface area contributed by atoms with E-state index in [4.69, 9.17) is 4.99 Å². The van der Waals surface area contributed by atoms with E-state index in [9.17, 15) is 4.79 Å². The van der Waals surface area contributed by atoms with E-state index < -0.39 is 0 Å². The zero-order valence-corrected chi connectivity index (χ0v) is 14.1. The number of allylic oxidation sites excluding steroid dienone is 2. The molecule has 1 aliphatic carbocycles. The van der Waals surface area contributed by atoms with Crippen LogP contribution < -0.4 is 0 Å². The lowest BCUT2D eigenvalue weighted by molar-refractivity contribution is -0.116. The molecule has 0 bridgehead atoms. The number of rotatable bonds is 1. The molecular formula is C17H15N3OS2. The molecule has 2 atom stereocenters. The molecule has 1 fully saturated rings. The Balaban J connectivity index is 1.70. The summed E-state index contributed by atoms with van der Waals surface area (Å²) in [5, 5.41) is 0.319. The summed E-state index contributed by atoms with van der Waals surface area (Å²) in [6.45, 7) is 0. The smallest absolute Gasteiger partial charge is 0.161 e. The van der Waals surface area contributed by atoms with Gasteiger partial charge in [-0.15, -0.1) is 0 Å². The molecule has 5 rings (SSSR count). The Bertz CT molecular complexity index is 883. The molecule has 1 aromatic carbocycles. The van der Waals surface area contributed by atoms with Gasteiger partial charge < -0.3 is 0 Å². The number of thioether (sulfide) groups is 1. The third-order valence-electron chi connectivity index (χ3n) is 4.94. The molecule has 0 spiro atoms. The normalized spacial score (nSPS) is 27.1. The Kier molecular flexibility index (Phi) is 3.16. The molecule has 2 aromatic rings. The SMILES string of the molecule is O=C1CCCC2=C1C(c1ccc3nsnc3c1)C1SCCC1=N2. The number of carbonyl (C=O) groups excluding carboxylic acids is 1. The number of nitrogens with zero attached hydrogens (tertiary/aromatic N) is 3. The average molecular weight is 341 g/mol. The van der Waals surface area contributed by atoms with Crippen LogP contribution in [0.15, 0.2) is 34.5 Å². The highest BCUT2D eigenvalue weighted by Crippen LogP contribution is 2.47. The number of fused-ring (bicyclic) bond motifs is 2. The van der Waals surface area contributed by atoms with Gasteiger partial charge in [-0.05, 0) is 42.7 Å². The van der Waals surface area contributed by atoms with Gasteiger partial charge in [-0.25, -0.2) is 0 Å². The molecule has 1 saturated heterocycles. The van der Waals surface area contributed by atoms with Crippen LogP contribution in [0.4, 0.5) is 0 Å². The van der Waals surface area contributed by atoms with Crippen LogP contribution in [-0.4, -0.2) is 31.2 Å². The zero-order valence-electron chi connectivity index (χ0n) is 12.5. The molecule has 2 aliphatic heterocycles. The largest absolute Gasteiger partial charge is 0.294 e. The number of aliphatic imine (C=N–C) groups is 1. The molecule has 4 nitrogen and oxygen atoms in total. The summed E-state index contributed by atoms with van der Waals surface area (Å²) < 4.78 is 8.67. The number of hydrogen-bond acceptors (Lipinski definition) is 6. The number of Topliss-reactive ketones (excluding diaryl/α,β-unsaturated/α-hetero) is 1. The Labute approximate surface area is 142 Å². The van der Waals surface area contributed by atoms with Crippen molar-refractivity contribution in [1.82, 2.24) is 8.75 Å². The Morgan fingerprint density at radius 1 is 1.09 bits per heavy atom. The maximum atomic E-state index is 12.7. The van der Waals surface area contributed by atoms with Gasteiger partial charge in [-0.3, -0.25) is 9.79 Å². The highest BCUT2D eigenvalue weighted by Gasteiger charge is 2.42. The van der Waals surface area contributed by atoms with Crippen molar-refractivity contribution in [1.29, 1.82) is 0 Å². The van der Waals surface area contributed by atoms with Crippen LogP contribution >= 0.6 is 23.5 Å². The Hall–Kier alpha value is -1.53. The Morgan fingerprint density at radius 2 is 2.00 bits per heavy atom. The van der Waals surface area contributed by atoms with E-state index in [0.717, 1.165) is 47.3 Å². The molecule has 0 saturated carbocycles. The molecule has 6 heteroatoms. The summed E-state index contributed by atoms with van der Waals surface area (Å²) in [5.74, 6) is 1.54. The fourth-order valence-corrected chi connectivity index (χ4v) is 5.86. The van der Waals surface area contributed by atoms with Crippen molar-refractivity contribution in [2.24, 2.45) is 4.99 Å². The van der Waals surface area contributed by atoms with Crippen LogP contribution in [0.1, 0.15) is 37.2 Å². The first-order chi connectivity index (χ1) is 11.3. The van der Waals surface area contributed by atoms with Crippen LogP contribution in [0.3, 0.4) is 0 Å². The van der Waals surface area contributed by atoms with E-state index >= 15 is 0 Å². The molecule has 116 valence electrons. The van der Waals surface area contributed by atoms with Crippen LogP contribution in [0, 0.1) is 0 Å². The van der Waals surface area contributed by atoms with Gasteiger partial charge in [0.05, 0.1) is 17.0 Å². The van der Waals surface area contributed by atoms with E-state index in [1.165, 1.54) is 23.0 Å². The van der Waals surface area contributed by atoms with Crippen LogP contribution in [0.5, 0.6) is 0 Å². The molecule has 3 heterocycles. The highest BCUT2D eigenvalue weighted by molar-refractivity contribution is 8.01. The zero-order chi connectivity index (χ0) is 15.4. The summed E-state index contributed by atoms with van der Waals surface area (Å²) in [6, 6.07) is 6.29. The average Bonchev–Trinajstić information content (AvgIpc) is 3.21. The predicted molar refractivity (Wildman–Crippen MR) is 94.3 cm³/mol. The van der Waals surface area contributed by atoms with Gasteiger partial charge in [-0.2, -0.15) is 20.5 Å². The lowest BCUT2D eigenvalue weighted by atomic mass is 9.77. The van der Waals surface area contributed by atoms with E-state index in [2.05, 4.69) is 20.9 Å². The van der Waals surface area contributed by atoms with Crippen molar-refractivity contribution >= 4 is 46.0 Å². The van der Waals surface area contributed by atoms with E-state index in [1.54, 1.807) is 0 Å². The van der Waals surface area contributed by atoms with E-state index in [0.29, 0.717) is 17.5 Å². The maximum Gasteiger partial charge on any atom is 0.161 e. The second-order valence-corrected chi connectivity index (χ2v) is 8.05. The molecule has 2 unspecified atom stereocenters. The molecular weight excluding hydrogens is 326 g/mol. The number of hydrogen-bond donors (Lipinski definition) is 0. The second kappa shape index (κ2) is 5.24. The second-order valence-electron chi connectivity index (χ2n) is 6.27. The summed E-state index contributed by atoms with van der Waals surface area (Å²) in [7, 11) is 0. The van der Waals surface area contributed by atoms with Crippen molar-refractivity contribution in [3.63, 3.8) is 0 Å². The minimum atomic E-state index is 0.142. The highest BCUT2D eigenvalue weighted by atomic mass is 32.2. The van der Waals surface area contributed by atoms with Gasteiger partial charge in [0.1, 0.15) is 11.0 Å². The van der Waals surface area contributed by atoms with Gasteiger partial charge >= 0.3 is 0 Å². The number of carbonyl (C=O) groups is 1. The quantitative estimate of drug-likeness (QED) is 0.793. The molecule has 3 aliphatic rings. The van der Waals surface area contributed by atoms with Gasteiger partial charge in [0, 0.05) is 29.3 Å². The van der Waals surface area contributed by atoms with E-state index in [-0.39, 0.29) is 5.92 Å². The lowest BCUT2D eigenvalue weighted by Gasteiger charge is -2.33. The van der Waals surface area contributed by atoms with Crippen molar-refractivity contribution < 1.29 is 4.79 Å². The van der Waals surface area contributed by atoms with Crippen LogP contribution in [0.25, 0.3) is 11.0 Å². The van der Waals surface area contributed by atoms with Gasteiger partial charge in [0.25, 0.3) is 0 Å². The predicted octanol–water partition coefficient (Wildman–Crippen LogP) is 3.74. The number of aromatic nitrogens is 2. The van der Waals surface area contributed by atoms with Crippen molar-refractivity contribution in [3.05, 3.63) is 35.0 Å². The maximum absolute atomic E-state index is 12.7. The van der Waals surface area contributed by atoms with Gasteiger partial charge in [0.15, 0.2) is 5.78 Å². The molecule has 0 radical (unpaired) electrons. The molecule has 1 aromatic heterocycles. The molecule has 23 heavy (non-hydrogen) atoms. The van der Waals surface area contributed by atoms with Gasteiger partial charge in [0.2, 0.25) is 0 Å². The summed E-state index contributed by atoms with van der Waals surface area (Å²) in [5.41, 5.74) is 6.37. The number of benzene rings is 1. The molecule has 0 N–H and O–H groups in total. The summed E-state index contributed by atoms with van der Waals surface area (Å²) >= 11 is 3.19. The topological polar surface area (TPSA) is 55.2 Å². The lowest BCUT2D eigenvalue weighted by Crippen LogP contribution is -2.32. The first-order valence-corrected chi connectivity index (χ1v) is 9.77. The fourth-order valence-electron chi connectivity index (χ4n) is 3.91.